The molecule has 0 radical (unpaired) electrons. The van der Waals surface area contributed by atoms with Gasteiger partial charge in [-0.05, 0) is 47.7 Å². The zero-order valence-electron chi connectivity index (χ0n) is 7.24. The Balaban J connectivity index is 3.05. The molecule has 4 N–H and O–H groups in total. The Morgan fingerprint density at radius 3 is 2.62 bits per heavy atom. The van der Waals surface area contributed by atoms with Gasteiger partial charge in [-0.3, -0.25) is 0 Å². The number of aliphatic hydroxyl groups is 1. The van der Waals surface area contributed by atoms with E-state index in [9.17, 15) is 10.2 Å². The highest BCUT2D eigenvalue weighted by Gasteiger charge is 2.15. The van der Waals surface area contributed by atoms with E-state index in [1.807, 2.05) is 0 Å². The van der Waals surface area contributed by atoms with Gasteiger partial charge < -0.3 is 15.9 Å². The van der Waals surface area contributed by atoms with Crippen LogP contribution in [0.3, 0.4) is 0 Å². The van der Waals surface area contributed by atoms with Crippen molar-refractivity contribution in [2.45, 2.75) is 19.1 Å². The molecule has 0 saturated heterocycles. The first-order valence-electron chi connectivity index (χ1n) is 3.94. The summed E-state index contributed by atoms with van der Waals surface area (Å²) >= 11 is 2.13. The van der Waals surface area contributed by atoms with Gasteiger partial charge in [0.05, 0.1) is 12.1 Å². The van der Waals surface area contributed by atoms with Crippen molar-refractivity contribution in [3.05, 3.63) is 27.3 Å². The van der Waals surface area contributed by atoms with Crippen LogP contribution >= 0.6 is 22.6 Å². The number of aliphatic hydroxyl groups excluding tert-OH is 1. The molecule has 1 aromatic carbocycles. The van der Waals surface area contributed by atoms with Crippen molar-refractivity contribution in [3.63, 3.8) is 0 Å². The van der Waals surface area contributed by atoms with Gasteiger partial charge in [0.2, 0.25) is 0 Å². The maximum atomic E-state index is 9.46. The molecule has 3 nitrogen and oxygen atoms in total. The van der Waals surface area contributed by atoms with Gasteiger partial charge in [-0.25, -0.2) is 0 Å². The lowest BCUT2D eigenvalue weighted by Crippen LogP contribution is -2.23. The van der Waals surface area contributed by atoms with Crippen LogP contribution in [0.4, 0.5) is 0 Å². The van der Waals surface area contributed by atoms with Crippen LogP contribution in [0.25, 0.3) is 0 Å². The third-order valence-corrected chi connectivity index (χ3v) is 2.54. The first-order valence-corrected chi connectivity index (χ1v) is 5.02. The van der Waals surface area contributed by atoms with Crippen molar-refractivity contribution in [2.24, 2.45) is 5.73 Å². The number of hydrogen-bond acceptors (Lipinski definition) is 3. The molecule has 0 aliphatic rings. The molecule has 1 rings (SSSR count). The van der Waals surface area contributed by atoms with Crippen molar-refractivity contribution < 1.29 is 10.2 Å². The molecule has 72 valence electrons. The summed E-state index contributed by atoms with van der Waals surface area (Å²) in [5.74, 6) is 0.133. The summed E-state index contributed by atoms with van der Waals surface area (Å²) in [7, 11) is 0. The molecular formula is C9H12INO2. The van der Waals surface area contributed by atoms with E-state index in [-0.39, 0.29) is 5.75 Å². The highest BCUT2D eigenvalue weighted by molar-refractivity contribution is 14.1. The molecular weight excluding hydrogens is 281 g/mol. The highest BCUT2D eigenvalue weighted by Crippen LogP contribution is 2.26. The Kier molecular flexibility index (Phi) is 3.52. The molecule has 2 unspecified atom stereocenters. The number of rotatable bonds is 2. The highest BCUT2D eigenvalue weighted by atomic mass is 127. The van der Waals surface area contributed by atoms with Gasteiger partial charge in [0.1, 0.15) is 5.75 Å². The lowest BCUT2D eigenvalue weighted by atomic mass is 10.0. The molecule has 0 bridgehead atoms. The van der Waals surface area contributed by atoms with E-state index >= 15 is 0 Å². The van der Waals surface area contributed by atoms with Crippen molar-refractivity contribution in [1.82, 2.24) is 0 Å². The SMILES string of the molecule is CC(O)C(N)c1cc(I)ccc1O. The summed E-state index contributed by atoms with van der Waals surface area (Å²) in [6, 6.07) is 4.61. The van der Waals surface area contributed by atoms with Crippen molar-refractivity contribution in [1.29, 1.82) is 0 Å². The summed E-state index contributed by atoms with van der Waals surface area (Å²) < 4.78 is 0.988. The van der Waals surface area contributed by atoms with Gasteiger partial charge in [0.15, 0.2) is 0 Å². The lowest BCUT2D eigenvalue weighted by Gasteiger charge is -2.16. The standard InChI is InChI=1S/C9H12INO2/c1-5(12)9(11)7-4-6(10)2-3-8(7)13/h2-5,9,12-13H,11H2,1H3. The van der Waals surface area contributed by atoms with E-state index in [1.54, 1.807) is 25.1 Å². The van der Waals surface area contributed by atoms with E-state index < -0.39 is 12.1 Å². The summed E-state index contributed by atoms with van der Waals surface area (Å²) in [6.07, 6.45) is -0.663. The van der Waals surface area contributed by atoms with Crippen LogP contribution in [0.1, 0.15) is 18.5 Å². The summed E-state index contributed by atoms with van der Waals surface area (Å²) in [5, 5.41) is 18.7. The van der Waals surface area contributed by atoms with Gasteiger partial charge in [-0.15, -0.1) is 0 Å². The number of benzene rings is 1. The third-order valence-electron chi connectivity index (χ3n) is 1.87. The van der Waals surface area contributed by atoms with E-state index in [4.69, 9.17) is 5.73 Å². The predicted molar refractivity (Wildman–Crippen MR) is 59.4 cm³/mol. The van der Waals surface area contributed by atoms with Gasteiger partial charge in [-0.1, -0.05) is 0 Å². The molecule has 0 heterocycles. The number of nitrogens with two attached hydrogens (primary N) is 1. The number of aromatic hydroxyl groups is 1. The van der Waals surface area contributed by atoms with Crippen molar-refractivity contribution in [3.8, 4) is 5.75 Å². The van der Waals surface area contributed by atoms with Crippen molar-refractivity contribution in [2.75, 3.05) is 0 Å². The quantitative estimate of drug-likeness (QED) is 0.722. The zero-order chi connectivity index (χ0) is 10.0. The molecule has 4 heteroatoms. The maximum absolute atomic E-state index is 9.46. The van der Waals surface area contributed by atoms with E-state index in [1.165, 1.54) is 0 Å². The molecule has 0 saturated carbocycles. The van der Waals surface area contributed by atoms with E-state index in [2.05, 4.69) is 22.6 Å². The van der Waals surface area contributed by atoms with Crippen LogP contribution in [0.2, 0.25) is 0 Å². The smallest absolute Gasteiger partial charge is 0.120 e. The van der Waals surface area contributed by atoms with Gasteiger partial charge >= 0.3 is 0 Å². The Bertz CT molecular complexity index is 302. The fourth-order valence-corrected chi connectivity index (χ4v) is 1.57. The molecule has 2 atom stereocenters. The molecule has 0 fully saturated rings. The minimum atomic E-state index is -0.663. The zero-order valence-corrected chi connectivity index (χ0v) is 9.39. The molecule has 1 aromatic rings. The van der Waals surface area contributed by atoms with Crippen LogP contribution in [-0.2, 0) is 0 Å². The van der Waals surface area contributed by atoms with Crippen LogP contribution in [0, 0.1) is 3.57 Å². The number of phenolic OH excluding ortho intramolecular Hbond substituents is 1. The monoisotopic (exact) mass is 293 g/mol. The van der Waals surface area contributed by atoms with Crippen molar-refractivity contribution >= 4 is 22.6 Å². The maximum Gasteiger partial charge on any atom is 0.120 e. The van der Waals surface area contributed by atoms with Gasteiger partial charge in [0, 0.05) is 9.13 Å². The summed E-state index contributed by atoms with van der Waals surface area (Å²) in [6.45, 7) is 1.60. The second-order valence-electron chi connectivity index (χ2n) is 2.97. The lowest BCUT2D eigenvalue weighted by molar-refractivity contribution is 0.163. The fraction of sp³-hybridized carbons (Fsp3) is 0.333. The summed E-state index contributed by atoms with van der Waals surface area (Å²) in [4.78, 5) is 0. The largest absolute Gasteiger partial charge is 0.508 e. The molecule has 0 amide bonds. The third kappa shape index (κ3) is 2.55. The molecule has 0 aromatic heterocycles. The average molecular weight is 293 g/mol. The first kappa shape index (κ1) is 10.7. The number of halogens is 1. The summed E-state index contributed by atoms with van der Waals surface area (Å²) in [5.41, 5.74) is 6.28. The number of phenols is 1. The van der Waals surface area contributed by atoms with Gasteiger partial charge in [-0.2, -0.15) is 0 Å². The van der Waals surface area contributed by atoms with Crippen LogP contribution in [0.5, 0.6) is 5.75 Å². The molecule has 0 aliphatic heterocycles. The van der Waals surface area contributed by atoms with Crippen LogP contribution in [0.15, 0.2) is 18.2 Å². The van der Waals surface area contributed by atoms with Crippen LogP contribution < -0.4 is 5.73 Å². The minimum absolute atomic E-state index is 0.133. The van der Waals surface area contributed by atoms with Crippen LogP contribution in [-0.4, -0.2) is 16.3 Å². The average Bonchev–Trinajstić information content (AvgIpc) is 2.08. The molecule has 0 aliphatic carbocycles. The van der Waals surface area contributed by atoms with E-state index in [0.717, 1.165) is 3.57 Å². The second-order valence-corrected chi connectivity index (χ2v) is 4.22. The Hall–Kier alpha value is -0.330. The number of hydrogen-bond donors (Lipinski definition) is 3. The topological polar surface area (TPSA) is 66.5 Å². The Morgan fingerprint density at radius 2 is 2.08 bits per heavy atom. The predicted octanol–water partition coefficient (Wildman–Crippen LogP) is 1.38. The Morgan fingerprint density at radius 1 is 1.46 bits per heavy atom. The Labute approximate surface area is 90.7 Å². The molecule has 0 spiro atoms. The van der Waals surface area contributed by atoms with Gasteiger partial charge in [0.25, 0.3) is 0 Å². The fourth-order valence-electron chi connectivity index (χ4n) is 1.05. The second kappa shape index (κ2) is 4.26. The minimum Gasteiger partial charge on any atom is -0.508 e. The van der Waals surface area contributed by atoms with E-state index in [0.29, 0.717) is 5.56 Å². The molecule has 13 heavy (non-hydrogen) atoms. The normalized spacial score (nSPS) is 15.4. The first-order chi connectivity index (χ1) is 6.02.